The fraction of sp³-hybridized carbons (Fsp3) is 0.167. The van der Waals surface area contributed by atoms with Crippen LogP contribution >= 0.6 is 0 Å². The molecule has 8 nitrogen and oxygen atoms in total. The number of fused-ring (bicyclic) bond motifs is 1. The van der Waals surface area contributed by atoms with E-state index < -0.39 is 0 Å². The summed E-state index contributed by atoms with van der Waals surface area (Å²) in [4.78, 5) is 26.2. The normalized spacial score (nSPS) is 13.0. The van der Waals surface area contributed by atoms with Gasteiger partial charge in [-0.15, -0.1) is 0 Å². The second-order valence-electron chi connectivity index (χ2n) is 7.69. The number of aromatic hydroxyl groups is 1. The highest BCUT2D eigenvalue weighted by Crippen LogP contribution is 2.32. The van der Waals surface area contributed by atoms with Gasteiger partial charge in [0.1, 0.15) is 5.75 Å². The zero-order valence-corrected chi connectivity index (χ0v) is 17.4. The van der Waals surface area contributed by atoms with Crippen molar-refractivity contribution in [3.8, 4) is 17.6 Å². The van der Waals surface area contributed by atoms with Gasteiger partial charge in [0.05, 0.1) is 17.1 Å². The van der Waals surface area contributed by atoms with E-state index in [0.717, 1.165) is 29.9 Å². The molecule has 1 aliphatic carbocycles. The Labute approximate surface area is 184 Å². The molecule has 2 aromatic heterocycles. The molecule has 2 aromatic carbocycles. The highest BCUT2D eigenvalue weighted by Gasteiger charge is 2.29. The second kappa shape index (κ2) is 8.14. The molecular weight excluding hydrogens is 406 g/mol. The number of nitrogens with one attached hydrogen (secondary N) is 1. The van der Waals surface area contributed by atoms with Gasteiger partial charge in [0.25, 0.3) is 0 Å². The van der Waals surface area contributed by atoms with Gasteiger partial charge < -0.3 is 20.1 Å². The first-order valence-corrected chi connectivity index (χ1v) is 10.3. The van der Waals surface area contributed by atoms with E-state index in [4.69, 9.17) is 4.74 Å². The highest BCUT2D eigenvalue weighted by molar-refractivity contribution is 5.94. The Hall–Kier alpha value is -4.20. The maximum atomic E-state index is 11.9. The Morgan fingerprint density at radius 1 is 1.03 bits per heavy atom. The van der Waals surface area contributed by atoms with Crippen LogP contribution in [0, 0.1) is 5.92 Å². The van der Waals surface area contributed by atoms with E-state index in [2.05, 4.69) is 20.3 Å². The van der Waals surface area contributed by atoms with Crippen LogP contribution < -0.4 is 15.0 Å². The molecule has 160 valence electrons. The van der Waals surface area contributed by atoms with Crippen molar-refractivity contribution in [1.29, 1.82) is 0 Å². The minimum absolute atomic E-state index is 0.0490. The highest BCUT2D eigenvalue weighted by atomic mass is 16.5. The van der Waals surface area contributed by atoms with E-state index in [1.165, 1.54) is 0 Å². The summed E-state index contributed by atoms with van der Waals surface area (Å²) in [7, 11) is 1.96. The van der Waals surface area contributed by atoms with Gasteiger partial charge in [0, 0.05) is 36.2 Å². The van der Waals surface area contributed by atoms with E-state index in [9.17, 15) is 9.90 Å². The van der Waals surface area contributed by atoms with E-state index in [-0.39, 0.29) is 23.7 Å². The molecule has 1 fully saturated rings. The number of anilines is 3. The Morgan fingerprint density at radius 2 is 1.72 bits per heavy atom. The SMILES string of the molecule is CN(c1ccc(NC(=O)C2CC2)cc1)c1ccc(Oc2nc(O)c3ccncc3n2)cc1. The zero-order valence-electron chi connectivity index (χ0n) is 17.4. The largest absolute Gasteiger partial charge is 0.493 e. The van der Waals surface area contributed by atoms with Gasteiger partial charge in [-0.2, -0.15) is 9.97 Å². The number of nitrogens with zero attached hydrogens (tertiary/aromatic N) is 4. The lowest BCUT2D eigenvalue weighted by Crippen LogP contribution is -2.13. The summed E-state index contributed by atoms with van der Waals surface area (Å²) in [5.74, 6) is 0.670. The van der Waals surface area contributed by atoms with Crippen LogP contribution in [0.15, 0.2) is 67.0 Å². The first kappa shape index (κ1) is 19.7. The number of aromatic nitrogens is 3. The number of hydrogen-bond donors (Lipinski definition) is 2. The van der Waals surface area contributed by atoms with Crippen molar-refractivity contribution in [1.82, 2.24) is 15.0 Å². The molecule has 1 amide bonds. The summed E-state index contributed by atoms with van der Waals surface area (Å²) < 4.78 is 5.72. The molecule has 1 aliphatic rings. The summed E-state index contributed by atoms with van der Waals surface area (Å²) in [5.41, 5.74) is 3.25. The maximum absolute atomic E-state index is 11.9. The molecule has 0 unspecified atom stereocenters. The first-order chi connectivity index (χ1) is 15.6. The molecule has 0 spiro atoms. The third kappa shape index (κ3) is 4.15. The average molecular weight is 427 g/mol. The van der Waals surface area contributed by atoms with E-state index in [1.807, 2.05) is 60.5 Å². The quantitative estimate of drug-likeness (QED) is 0.462. The van der Waals surface area contributed by atoms with E-state index in [1.54, 1.807) is 18.5 Å². The minimum atomic E-state index is -0.152. The van der Waals surface area contributed by atoms with Gasteiger partial charge >= 0.3 is 6.01 Å². The van der Waals surface area contributed by atoms with Gasteiger partial charge in [-0.05, 0) is 67.4 Å². The van der Waals surface area contributed by atoms with Gasteiger partial charge in [-0.3, -0.25) is 9.78 Å². The first-order valence-electron chi connectivity index (χ1n) is 10.3. The lowest BCUT2D eigenvalue weighted by atomic mass is 10.2. The molecule has 0 radical (unpaired) electrons. The molecule has 2 heterocycles. The van der Waals surface area contributed by atoms with Gasteiger partial charge in [0.2, 0.25) is 11.8 Å². The second-order valence-corrected chi connectivity index (χ2v) is 7.69. The van der Waals surface area contributed by atoms with Crippen molar-refractivity contribution in [3.05, 3.63) is 67.0 Å². The third-order valence-corrected chi connectivity index (χ3v) is 5.36. The van der Waals surface area contributed by atoms with Gasteiger partial charge in [0.15, 0.2) is 0 Å². The van der Waals surface area contributed by atoms with E-state index in [0.29, 0.717) is 16.7 Å². The molecule has 32 heavy (non-hydrogen) atoms. The zero-order chi connectivity index (χ0) is 22.1. The van der Waals surface area contributed by atoms with Crippen molar-refractivity contribution in [3.63, 3.8) is 0 Å². The monoisotopic (exact) mass is 427 g/mol. The van der Waals surface area contributed by atoms with Crippen molar-refractivity contribution >= 4 is 33.9 Å². The lowest BCUT2D eigenvalue weighted by molar-refractivity contribution is -0.117. The molecule has 0 atom stereocenters. The molecule has 5 rings (SSSR count). The summed E-state index contributed by atoms with van der Waals surface area (Å²) >= 11 is 0. The van der Waals surface area contributed by atoms with Crippen LogP contribution in [0.4, 0.5) is 17.1 Å². The molecule has 0 bridgehead atoms. The van der Waals surface area contributed by atoms with Crippen molar-refractivity contribution in [2.45, 2.75) is 12.8 Å². The number of amides is 1. The number of benzene rings is 2. The van der Waals surface area contributed by atoms with Crippen LogP contribution in [0.5, 0.6) is 17.6 Å². The summed E-state index contributed by atoms with van der Waals surface area (Å²) in [6, 6.07) is 16.9. The average Bonchev–Trinajstić information content (AvgIpc) is 3.65. The van der Waals surface area contributed by atoms with Crippen LogP contribution in [0.2, 0.25) is 0 Å². The number of hydrogen-bond acceptors (Lipinski definition) is 7. The predicted octanol–water partition coefficient (Wildman–Crippen LogP) is 4.64. The van der Waals surface area contributed by atoms with Gasteiger partial charge in [-0.1, -0.05) is 0 Å². The molecule has 8 heteroatoms. The number of rotatable bonds is 6. The van der Waals surface area contributed by atoms with Crippen LogP contribution in [-0.4, -0.2) is 33.0 Å². The molecule has 0 saturated heterocycles. The standard InChI is InChI=1S/C24H21N5O3/c1-29(17-6-4-16(5-7-17)26-22(30)15-2-3-15)18-8-10-19(11-9-18)32-24-27-21-14-25-13-12-20(21)23(31)28-24/h4-15H,2-3H2,1H3,(H,26,30)(H,27,28,31). The van der Waals surface area contributed by atoms with Crippen LogP contribution in [0.1, 0.15) is 12.8 Å². The van der Waals surface area contributed by atoms with Crippen molar-refractivity contribution < 1.29 is 14.6 Å². The minimum Gasteiger partial charge on any atom is -0.493 e. The number of pyridine rings is 1. The van der Waals surface area contributed by atoms with Crippen LogP contribution in [0.25, 0.3) is 10.9 Å². The summed E-state index contributed by atoms with van der Waals surface area (Å²) in [6.45, 7) is 0. The Bertz CT molecular complexity index is 1270. The van der Waals surface area contributed by atoms with Crippen LogP contribution in [-0.2, 0) is 4.79 Å². The molecular formula is C24H21N5O3. The molecule has 1 saturated carbocycles. The molecule has 4 aromatic rings. The predicted molar refractivity (Wildman–Crippen MR) is 121 cm³/mol. The topological polar surface area (TPSA) is 100 Å². The molecule has 0 aliphatic heterocycles. The Kier molecular flexibility index (Phi) is 5.03. The smallest absolute Gasteiger partial charge is 0.325 e. The fourth-order valence-electron chi connectivity index (χ4n) is 3.34. The number of carbonyl (C=O) groups excluding carboxylic acids is 1. The van der Waals surface area contributed by atoms with Gasteiger partial charge in [-0.25, -0.2) is 0 Å². The van der Waals surface area contributed by atoms with Crippen LogP contribution in [0.3, 0.4) is 0 Å². The Morgan fingerprint density at radius 3 is 2.41 bits per heavy atom. The Balaban J connectivity index is 1.27. The number of ether oxygens (including phenoxy) is 1. The van der Waals surface area contributed by atoms with Crippen molar-refractivity contribution in [2.75, 3.05) is 17.3 Å². The van der Waals surface area contributed by atoms with Crippen molar-refractivity contribution in [2.24, 2.45) is 5.92 Å². The fourth-order valence-corrected chi connectivity index (χ4v) is 3.34. The summed E-state index contributed by atoms with van der Waals surface area (Å²) in [6.07, 6.45) is 5.08. The maximum Gasteiger partial charge on any atom is 0.325 e. The third-order valence-electron chi connectivity index (χ3n) is 5.36. The molecule has 2 N–H and O–H groups in total. The van der Waals surface area contributed by atoms with E-state index >= 15 is 0 Å². The number of carbonyl (C=O) groups is 1. The lowest BCUT2D eigenvalue weighted by Gasteiger charge is -2.20. The summed E-state index contributed by atoms with van der Waals surface area (Å²) in [5, 5.41) is 13.5.